The molecule has 0 bridgehead atoms. The van der Waals surface area contributed by atoms with Gasteiger partial charge in [-0.3, -0.25) is 4.79 Å². The molecule has 18 heavy (non-hydrogen) atoms. The van der Waals surface area contributed by atoms with E-state index in [1.807, 2.05) is 0 Å². The number of hydrogen-bond donors (Lipinski definition) is 0. The minimum atomic E-state index is -0.0957. The Hall–Kier alpha value is -0.450. The van der Waals surface area contributed by atoms with Crippen molar-refractivity contribution in [2.75, 3.05) is 33.0 Å². The van der Waals surface area contributed by atoms with E-state index in [0.717, 1.165) is 45.3 Å². The summed E-state index contributed by atoms with van der Waals surface area (Å²) in [5, 5.41) is 0. The van der Waals surface area contributed by atoms with Crippen molar-refractivity contribution in [1.82, 2.24) is 0 Å². The first kappa shape index (κ1) is 14.0. The second-order valence-corrected chi connectivity index (χ2v) is 5.35. The van der Waals surface area contributed by atoms with Crippen LogP contribution in [0.4, 0.5) is 0 Å². The largest absolute Gasteiger partial charge is 0.381 e. The number of carbonyl (C=O) groups excluding carboxylic acids is 1. The van der Waals surface area contributed by atoms with E-state index in [9.17, 15) is 4.79 Å². The molecular formula is C14H24O4. The smallest absolute Gasteiger partial charge is 0.161 e. The summed E-state index contributed by atoms with van der Waals surface area (Å²) in [6.45, 7) is 5.21. The van der Waals surface area contributed by atoms with Gasteiger partial charge >= 0.3 is 0 Å². The Morgan fingerprint density at radius 3 is 2.83 bits per heavy atom. The lowest BCUT2D eigenvalue weighted by Crippen LogP contribution is -2.46. The molecule has 2 saturated heterocycles. The van der Waals surface area contributed by atoms with Gasteiger partial charge in [-0.2, -0.15) is 0 Å². The molecule has 1 spiro atoms. The Bertz CT molecular complexity index is 265. The van der Waals surface area contributed by atoms with Crippen LogP contribution >= 0.6 is 0 Å². The molecule has 1 unspecified atom stereocenters. The Labute approximate surface area is 109 Å². The van der Waals surface area contributed by atoms with Crippen LogP contribution in [0.5, 0.6) is 0 Å². The molecule has 2 rings (SSSR count). The summed E-state index contributed by atoms with van der Waals surface area (Å²) in [6, 6.07) is 0. The van der Waals surface area contributed by atoms with Crippen LogP contribution in [0.3, 0.4) is 0 Å². The van der Waals surface area contributed by atoms with Gasteiger partial charge in [0.1, 0.15) is 6.61 Å². The summed E-state index contributed by atoms with van der Waals surface area (Å²) in [6.07, 6.45) is 4.50. The molecule has 0 amide bonds. The van der Waals surface area contributed by atoms with Crippen molar-refractivity contribution in [3.8, 4) is 0 Å². The Kier molecular flexibility index (Phi) is 5.15. The maximum atomic E-state index is 12.1. The molecule has 4 nitrogen and oxygen atoms in total. The highest BCUT2D eigenvalue weighted by Gasteiger charge is 2.40. The quantitative estimate of drug-likeness (QED) is 0.705. The zero-order valence-corrected chi connectivity index (χ0v) is 11.3. The lowest BCUT2D eigenvalue weighted by Gasteiger charge is -2.42. The summed E-state index contributed by atoms with van der Waals surface area (Å²) in [5.74, 6) is 0.367. The molecule has 0 aromatic carbocycles. The molecule has 2 aliphatic heterocycles. The van der Waals surface area contributed by atoms with E-state index in [-0.39, 0.29) is 23.9 Å². The van der Waals surface area contributed by atoms with Gasteiger partial charge in [-0.1, -0.05) is 6.92 Å². The molecule has 104 valence electrons. The zero-order chi connectivity index (χ0) is 12.8. The van der Waals surface area contributed by atoms with Gasteiger partial charge in [-0.05, 0) is 32.1 Å². The van der Waals surface area contributed by atoms with Crippen LogP contribution in [-0.4, -0.2) is 44.4 Å². The van der Waals surface area contributed by atoms with E-state index in [4.69, 9.17) is 14.2 Å². The molecule has 0 N–H and O–H groups in total. The normalized spacial score (nSPS) is 27.3. The standard InChI is InChI=1S/C14H24O4/c1-2-6-17-11-13(15)12-3-7-18-14(10-12)4-8-16-9-5-14/h12H,2-11H2,1H3. The van der Waals surface area contributed by atoms with Crippen LogP contribution in [0.2, 0.25) is 0 Å². The van der Waals surface area contributed by atoms with Gasteiger partial charge in [0.2, 0.25) is 0 Å². The monoisotopic (exact) mass is 256 g/mol. The van der Waals surface area contributed by atoms with E-state index in [2.05, 4.69) is 6.92 Å². The van der Waals surface area contributed by atoms with E-state index < -0.39 is 0 Å². The fourth-order valence-corrected chi connectivity index (χ4v) is 2.83. The molecule has 4 heteroatoms. The van der Waals surface area contributed by atoms with Crippen molar-refractivity contribution in [2.24, 2.45) is 5.92 Å². The van der Waals surface area contributed by atoms with Gasteiger partial charge in [0.15, 0.2) is 5.78 Å². The second kappa shape index (κ2) is 6.64. The van der Waals surface area contributed by atoms with E-state index in [1.54, 1.807) is 0 Å². The van der Waals surface area contributed by atoms with E-state index in [0.29, 0.717) is 13.2 Å². The maximum Gasteiger partial charge on any atom is 0.161 e. The minimum Gasteiger partial charge on any atom is -0.381 e. The third-order valence-corrected chi connectivity index (χ3v) is 3.95. The predicted octanol–water partition coefficient (Wildman–Crippen LogP) is 1.96. The van der Waals surface area contributed by atoms with Crippen LogP contribution in [0.15, 0.2) is 0 Å². The Morgan fingerprint density at radius 2 is 2.11 bits per heavy atom. The highest BCUT2D eigenvalue weighted by molar-refractivity contribution is 5.82. The molecular weight excluding hydrogens is 232 g/mol. The molecule has 0 aromatic rings. The summed E-state index contributed by atoms with van der Waals surface area (Å²) in [7, 11) is 0. The highest BCUT2D eigenvalue weighted by Crippen LogP contribution is 2.37. The number of carbonyl (C=O) groups is 1. The van der Waals surface area contributed by atoms with Gasteiger partial charge in [-0.25, -0.2) is 0 Å². The molecule has 0 radical (unpaired) electrons. The second-order valence-electron chi connectivity index (χ2n) is 5.35. The topological polar surface area (TPSA) is 44.8 Å². The van der Waals surface area contributed by atoms with E-state index in [1.165, 1.54) is 0 Å². The first-order chi connectivity index (χ1) is 8.76. The average molecular weight is 256 g/mol. The number of Topliss-reactive ketones (excluding diaryl/α,β-unsaturated/α-hetero) is 1. The average Bonchev–Trinajstić information content (AvgIpc) is 2.40. The Balaban J connectivity index is 1.83. The van der Waals surface area contributed by atoms with Crippen LogP contribution < -0.4 is 0 Å². The fraction of sp³-hybridized carbons (Fsp3) is 0.929. The minimum absolute atomic E-state index is 0.0957. The highest BCUT2D eigenvalue weighted by atomic mass is 16.5. The fourth-order valence-electron chi connectivity index (χ4n) is 2.83. The van der Waals surface area contributed by atoms with Crippen molar-refractivity contribution in [3.63, 3.8) is 0 Å². The van der Waals surface area contributed by atoms with Crippen LogP contribution in [0, 0.1) is 5.92 Å². The van der Waals surface area contributed by atoms with Gasteiger partial charge in [0, 0.05) is 32.3 Å². The zero-order valence-electron chi connectivity index (χ0n) is 11.3. The number of rotatable bonds is 5. The van der Waals surface area contributed by atoms with Crippen molar-refractivity contribution in [2.45, 2.75) is 44.6 Å². The first-order valence-electron chi connectivity index (χ1n) is 7.08. The van der Waals surface area contributed by atoms with Gasteiger partial charge in [0.25, 0.3) is 0 Å². The van der Waals surface area contributed by atoms with Crippen molar-refractivity contribution in [3.05, 3.63) is 0 Å². The first-order valence-corrected chi connectivity index (χ1v) is 7.08. The molecule has 2 fully saturated rings. The van der Waals surface area contributed by atoms with Crippen LogP contribution in [0.1, 0.15) is 39.0 Å². The van der Waals surface area contributed by atoms with Crippen LogP contribution in [0.25, 0.3) is 0 Å². The third kappa shape index (κ3) is 3.53. The molecule has 0 aromatic heterocycles. The molecule has 0 saturated carbocycles. The molecule has 2 aliphatic rings. The van der Waals surface area contributed by atoms with Crippen molar-refractivity contribution < 1.29 is 19.0 Å². The van der Waals surface area contributed by atoms with Gasteiger partial charge in [-0.15, -0.1) is 0 Å². The Morgan fingerprint density at radius 1 is 1.33 bits per heavy atom. The summed E-state index contributed by atoms with van der Waals surface area (Å²) >= 11 is 0. The van der Waals surface area contributed by atoms with Gasteiger partial charge in [0.05, 0.1) is 5.60 Å². The number of hydrogen-bond acceptors (Lipinski definition) is 4. The van der Waals surface area contributed by atoms with Crippen molar-refractivity contribution in [1.29, 1.82) is 0 Å². The predicted molar refractivity (Wildman–Crippen MR) is 67.6 cm³/mol. The lowest BCUT2D eigenvalue weighted by molar-refractivity contribution is -0.159. The SMILES string of the molecule is CCCOCC(=O)C1CCOC2(CCOCC2)C1. The number of ether oxygens (including phenoxy) is 3. The van der Waals surface area contributed by atoms with Crippen molar-refractivity contribution >= 4 is 5.78 Å². The summed E-state index contributed by atoms with van der Waals surface area (Å²) in [5.41, 5.74) is -0.0957. The van der Waals surface area contributed by atoms with Gasteiger partial charge < -0.3 is 14.2 Å². The number of ketones is 1. The maximum absolute atomic E-state index is 12.1. The summed E-state index contributed by atoms with van der Waals surface area (Å²) in [4.78, 5) is 12.1. The molecule has 1 atom stereocenters. The van der Waals surface area contributed by atoms with E-state index >= 15 is 0 Å². The lowest BCUT2D eigenvalue weighted by atomic mass is 9.79. The molecule has 0 aliphatic carbocycles. The van der Waals surface area contributed by atoms with Crippen LogP contribution in [-0.2, 0) is 19.0 Å². The molecule has 2 heterocycles. The summed E-state index contributed by atoms with van der Waals surface area (Å²) < 4.78 is 16.7. The third-order valence-electron chi connectivity index (χ3n) is 3.95.